The number of aliphatic hydroxyl groups excluding tert-OH is 1. The second kappa shape index (κ2) is 8.68. The third-order valence-corrected chi connectivity index (χ3v) is 5.27. The molecule has 1 amide bonds. The number of carbonyl (C=O) groups is 1. The molecule has 1 saturated heterocycles. The van der Waals surface area contributed by atoms with Crippen LogP contribution >= 0.6 is 11.6 Å². The summed E-state index contributed by atoms with van der Waals surface area (Å²) in [6.45, 7) is 1.53. The van der Waals surface area contributed by atoms with Gasteiger partial charge < -0.3 is 19.7 Å². The van der Waals surface area contributed by atoms with Gasteiger partial charge in [0.05, 0.1) is 17.5 Å². The Morgan fingerprint density at radius 2 is 1.97 bits per heavy atom. The Kier molecular flexibility index (Phi) is 5.83. The molecule has 4 rings (SSSR count). The van der Waals surface area contributed by atoms with Gasteiger partial charge in [-0.1, -0.05) is 11.6 Å². The fourth-order valence-electron chi connectivity index (χ4n) is 3.52. The Bertz CT molecular complexity index is 990. The summed E-state index contributed by atoms with van der Waals surface area (Å²) in [5.41, 5.74) is 2.36. The number of anilines is 2. The predicted octanol–water partition coefficient (Wildman–Crippen LogP) is 4.60. The van der Waals surface area contributed by atoms with E-state index in [0.717, 1.165) is 37.2 Å². The van der Waals surface area contributed by atoms with Crippen LogP contribution in [0, 0.1) is 0 Å². The molecule has 0 saturated carbocycles. The fourth-order valence-corrected chi connectivity index (χ4v) is 3.69. The highest BCUT2D eigenvalue weighted by Gasteiger charge is 2.20. The molecular formula is C22H22ClN3O3. The largest absolute Gasteiger partial charge is 0.451 e. The maximum Gasteiger partial charge on any atom is 0.291 e. The van der Waals surface area contributed by atoms with Gasteiger partial charge in [-0.15, -0.1) is 0 Å². The SMILES string of the molecule is O=C(Nc1cc(Cl)ccc1N1CCC[C@H](O)CC1)c1ccc(-c2ccncc2)o1. The van der Waals surface area contributed by atoms with Crippen LogP contribution in [-0.2, 0) is 0 Å². The molecule has 6 nitrogen and oxygen atoms in total. The highest BCUT2D eigenvalue weighted by molar-refractivity contribution is 6.31. The lowest BCUT2D eigenvalue weighted by Gasteiger charge is -2.25. The number of amides is 1. The topological polar surface area (TPSA) is 78.6 Å². The number of nitrogens with zero attached hydrogens (tertiary/aromatic N) is 2. The maximum absolute atomic E-state index is 12.8. The van der Waals surface area contributed by atoms with Crippen molar-refractivity contribution >= 4 is 28.9 Å². The van der Waals surface area contributed by atoms with E-state index in [2.05, 4.69) is 15.2 Å². The molecule has 1 aliphatic heterocycles. The first-order chi connectivity index (χ1) is 14.1. The van der Waals surface area contributed by atoms with Gasteiger partial charge in [0, 0.05) is 36.1 Å². The molecule has 0 unspecified atom stereocenters. The van der Waals surface area contributed by atoms with E-state index in [1.165, 1.54) is 0 Å². The van der Waals surface area contributed by atoms with E-state index in [-0.39, 0.29) is 17.8 Å². The number of hydrogen-bond acceptors (Lipinski definition) is 5. The Morgan fingerprint density at radius 1 is 1.14 bits per heavy atom. The lowest BCUT2D eigenvalue weighted by molar-refractivity contribution is 0.0997. The predicted molar refractivity (Wildman–Crippen MR) is 113 cm³/mol. The third-order valence-electron chi connectivity index (χ3n) is 5.04. The van der Waals surface area contributed by atoms with Gasteiger partial charge >= 0.3 is 0 Å². The maximum atomic E-state index is 12.8. The molecule has 1 fully saturated rings. The van der Waals surface area contributed by atoms with Crippen molar-refractivity contribution in [2.24, 2.45) is 0 Å². The van der Waals surface area contributed by atoms with Crippen molar-refractivity contribution in [3.8, 4) is 11.3 Å². The lowest BCUT2D eigenvalue weighted by Crippen LogP contribution is -2.26. The van der Waals surface area contributed by atoms with Crippen molar-refractivity contribution in [2.75, 3.05) is 23.3 Å². The van der Waals surface area contributed by atoms with Crippen molar-refractivity contribution in [1.29, 1.82) is 0 Å². The zero-order chi connectivity index (χ0) is 20.2. The Balaban J connectivity index is 1.55. The van der Waals surface area contributed by atoms with Crippen LogP contribution in [0.5, 0.6) is 0 Å². The van der Waals surface area contributed by atoms with Gasteiger partial charge in [0.2, 0.25) is 0 Å². The molecule has 2 N–H and O–H groups in total. The molecule has 0 aliphatic carbocycles. The van der Waals surface area contributed by atoms with Crippen molar-refractivity contribution in [2.45, 2.75) is 25.4 Å². The van der Waals surface area contributed by atoms with E-state index in [9.17, 15) is 9.90 Å². The Morgan fingerprint density at radius 3 is 2.79 bits per heavy atom. The molecule has 1 aromatic carbocycles. The van der Waals surface area contributed by atoms with E-state index >= 15 is 0 Å². The number of benzene rings is 1. The van der Waals surface area contributed by atoms with Crippen LogP contribution in [0.3, 0.4) is 0 Å². The smallest absolute Gasteiger partial charge is 0.291 e. The van der Waals surface area contributed by atoms with E-state index in [0.29, 0.717) is 22.9 Å². The van der Waals surface area contributed by atoms with Gasteiger partial charge in [0.15, 0.2) is 5.76 Å². The summed E-state index contributed by atoms with van der Waals surface area (Å²) in [7, 11) is 0. The van der Waals surface area contributed by atoms with Crippen LogP contribution in [0.25, 0.3) is 11.3 Å². The van der Waals surface area contributed by atoms with Crippen LogP contribution in [-0.4, -0.2) is 35.2 Å². The summed E-state index contributed by atoms with van der Waals surface area (Å²) in [5.74, 6) is 0.475. The second-order valence-corrected chi connectivity index (χ2v) is 7.52. The standard InChI is InChI=1S/C22H22ClN3O3/c23-16-3-4-19(26-12-1-2-17(27)9-13-26)18(14-16)25-22(28)21-6-5-20(29-21)15-7-10-24-11-8-15/h3-8,10-11,14,17,27H,1-2,9,12-13H2,(H,25,28)/t17-/m0/s1. The van der Waals surface area contributed by atoms with E-state index < -0.39 is 0 Å². The first-order valence-corrected chi connectivity index (χ1v) is 10.0. The van der Waals surface area contributed by atoms with Gasteiger partial charge in [-0.3, -0.25) is 9.78 Å². The molecule has 0 spiro atoms. The van der Waals surface area contributed by atoms with Gasteiger partial charge in [-0.05, 0) is 61.7 Å². The Hall–Kier alpha value is -2.83. The first-order valence-electron chi connectivity index (χ1n) is 9.64. The third kappa shape index (κ3) is 4.60. The normalized spacial score (nSPS) is 17.0. The van der Waals surface area contributed by atoms with Crippen LogP contribution in [0.1, 0.15) is 29.8 Å². The van der Waals surface area contributed by atoms with Gasteiger partial charge in [-0.25, -0.2) is 0 Å². The van der Waals surface area contributed by atoms with Crippen molar-refractivity contribution in [3.05, 3.63) is 65.6 Å². The average Bonchev–Trinajstić information content (AvgIpc) is 3.13. The minimum Gasteiger partial charge on any atom is -0.451 e. The summed E-state index contributed by atoms with van der Waals surface area (Å²) >= 11 is 6.19. The molecule has 3 heterocycles. The number of aromatic nitrogens is 1. The number of nitrogens with one attached hydrogen (secondary N) is 1. The average molecular weight is 412 g/mol. The number of carbonyl (C=O) groups excluding carboxylic acids is 1. The first kappa shape index (κ1) is 19.5. The molecule has 150 valence electrons. The quantitative estimate of drug-likeness (QED) is 0.656. The molecule has 0 bridgehead atoms. The summed E-state index contributed by atoms with van der Waals surface area (Å²) in [6.07, 6.45) is 5.45. The number of pyridine rings is 1. The molecule has 2 aromatic heterocycles. The summed E-state index contributed by atoms with van der Waals surface area (Å²) < 4.78 is 5.73. The second-order valence-electron chi connectivity index (χ2n) is 7.09. The van der Waals surface area contributed by atoms with E-state index in [4.69, 9.17) is 16.0 Å². The monoisotopic (exact) mass is 411 g/mol. The highest BCUT2D eigenvalue weighted by atomic mass is 35.5. The van der Waals surface area contributed by atoms with Crippen LogP contribution in [0.4, 0.5) is 11.4 Å². The zero-order valence-corrected chi connectivity index (χ0v) is 16.6. The summed E-state index contributed by atoms with van der Waals surface area (Å²) in [5, 5.41) is 13.4. The summed E-state index contributed by atoms with van der Waals surface area (Å²) in [4.78, 5) is 19.0. The van der Waals surface area contributed by atoms with Crippen molar-refractivity contribution < 1.29 is 14.3 Å². The molecule has 1 aliphatic rings. The summed E-state index contributed by atoms with van der Waals surface area (Å²) in [6, 6.07) is 12.5. The molecule has 3 aromatic rings. The number of aliphatic hydroxyl groups is 1. The molecular weight excluding hydrogens is 390 g/mol. The minimum absolute atomic E-state index is 0.217. The number of halogens is 1. The fraction of sp³-hybridized carbons (Fsp3) is 0.273. The van der Waals surface area contributed by atoms with Gasteiger partial charge in [0.1, 0.15) is 5.76 Å². The zero-order valence-electron chi connectivity index (χ0n) is 15.8. The van der Waals surface area contributed by atoms with E-state index in [1.807, 2.05) is 24.3 Å². The molecule has 0 radical (unpaired) electrons. The molecule has 1 atom stereocenters. The van der Waals surface area contributed by atoms with Crippen LogP contribution in [0.2, 0.25) is 5.02 Å². The number of rotatable bonds is 4. The Labute approximate surface area is 174 Å². The van der Waals surface area contributed by atoms with Crippen molar-refractivity contribution in [1.82, 2.24) is 4.98 Å². The van der Waals surface area contributed by atoms with E-state index in [1.54, 1.807) is 30.6 Å². The molecule has 29 heavy (non-hydrogen) atoms. The lowest BCUT2D eigenvalue weighted by atomic mass is 10.2. The minimum atomic E-state index is -0.344. The van der Waals surface area contributed by atoms with Crippen LogP contribution in [0.15, 0.2) is 59.3 Å². The van der Waals surface area contributed by atoms with Gasteiger partial charge in [0.25, 0.3) is 5.91 Å². The molecule has 7 heteroatoms. The van der Waals surface area contributed by atoms with Gasteiger partial charge in [-0.2, -0.15) is 0 Å². The van der Waals surface area contributed by atoms with Crippen molar-refractivity contribution in [3.63, 3.8) is 0 Å². The number of furan rings is 1. The van der Waals surface area contributed by atoms with Crippen LogP contribution < -0.4 is 10.2 Å². The number of hydrogen-bond donors (Lipinski definition) is 2. The highest BCUT2D eigenvalue weighted by Crippen LogP contribution is 2.32.